The highest BCUT2D eigenvalue weighted by molar-refractivity contribution is 5.35. The van der Waals surface area contributed by atoms with Crippen LogP contribution in [0.15, 0.2) is 18.2 Å². The lowest BCUT2D eigenvalue weighted by Crippen LogP contribution is -1.88. The highest BCUT2D eigenvalue weighted by Crippen LogP contribution is 2.23. The highest BCUT2D eigenvalue weighted by Gasteiger charge is 2.10. The standard InChI is InChI=1S/C12H13N/c13-8-2-3-10-6-7-11-4-1-5-12(11)9-10/h6-7,9H,1-5H2. The maximum atomic E-state index is 8.47. The lowest BCUT2D eigenvalue weighted by Gasteiger charge is -2.02. The van der Waals surface area contributed by atoms with Crippen molar-refractivity contribution in [1.82, 2.24) is 0 Å². The number of aryl methyl sites for hydroxylation is 3. The van der Waals surface area contributed by atoms with E-state index in [9.17, 15) is 0 Å². The van der Waals surface area contributed by atoms with Gasteiger partial charge in [-0.3, -0.25) is 0 Å². The van der Waals surface area contributed by atoms with Crippen LogP contribution < -0.4 is 0 Å². The van der Waals surface area contributed by atoms with Crippen LogP contribution in [0, 0.1) is 11.3 Å². The molecule has 66 valence electrons. The van der Waals surface area contributed by atoms with Crippen molar-refractivity contribution >= 4 is 0 Å². The summed E-state index contributed by atoms with van der Waals surface area (Å²) in [6.45, 7) is 0. The zero-order chi connectivity index (χ0) is 9.10. The van der Waals surface area contributed by atoms with Crippen LogP contribution in [0.5, 0.6) is 0 Å². The Labute approximate surface area is 79.0 Å². The first-order chi connectivity index (χ1) is 6.40. The summed E-state index contributed by atoms with van der Waals surface area (Å²) in [6.07, 6.45) is 5.32. The van der Waals surface area contributed by atoms with E-state index in [1.807, 2.05) is 0 Å². The first-order valence-corrected chi connectivity index (χ1v) is 4.88. The lowest BCUT2D eigenvalue weighted by molar-refractivity contribution is 0.911. The predicted octanol–water partition coefficient (Wildman–Crippen LogP) is 2.63. The third-order valence-corrected chi connectivity index (χ3v) is 2.69. The van der Waals surface area contributed by atoms with Crippen molar-refractivity contribution in [2.45, 2.75) is 32.1 Å². The Balaban J connectivity index is 2.17. The van der Waals surface area contributed by atoms with Gasteiger partial charge in [-0.25, -0.2) is 0 Å². The van der Waals surface area contributed by atoms with Crippen LogP contribution in [-0.2, 0) is 19.3 Å². The maximum absolute atomic E-state index is 8.47. The first kappa shape index (κ1) is 8.31. The van der Waals surface area contributed by atoms with Crippen LogP contribution >= 0.6 is 0 Å². The van der Waals surface area contributed by atoms with E-state index in [0.29, 0.717) is 6.42 Å². The average molecular weight is 171 g/mol. The van der Waals surface area contributed by atoms with Crippen molar-refractivity contribution in [2.24, 2.45) is 0 Å². The molecular weight excluding hydrogens is 158 g/mol. The van der Waals surface area contributed by atoms with Gasteiger partial charge in [0.1, 0.15) is 0 Å². The van der Waals surface area contributed by atoms with Crippen LogP contribution in [0.4, 0.5) is 0 Å². The molecule has 1 aliphatic rings. The molecule has 2 rings (SSSR count). The molecule has 0 amide bonds. The Morgan fingerprint density at radius 1 is 1.23 bits per heavy atom. The van der Waals surface area contributed by atoms with Gasteiger partial charge < -0.3 is 0 Å². The minimum atomic E-state index is 0.638. The molecule has 0 aliphatic heterocycles. The largest absolute Gasteiger partial charge is 0.198 e. The van der Waals surface area contributed by atoms with Gasteiger partial charge in [-0.1, -0.05) is 18.2 Å². The molecular formula is C12H13N. The summed E-state index contributed by atoms with van der Waals surface area (Å²) in [5, 5.41) is 8.47. The number of hydrogen-bond acceptors (Lipinski definition) is 1. The van der Waals surface area contributed by atoms with Crippen molar-refractivity contribution in [3.05, 3.63) is 34.9 Å². The van der Waals surface area contributed by atoms with E-state index in [4.69, 9.17) is 5.26 Å². The number of benzene rings is 1. The molecule has 1 aliphatic carbocycles. The molecule has 0 saturated heterocycles. The molecule has 1 aromatic rings. The second kappa shape index (κ2) is 3.62. The fourth-order valence-corrected chi connectivity index (χ4v) is 1.98. The van der Waals surface area contributed by atoms with Gasteiger partial charge in [0.15, 0.2) is 0 Å². The number of hydrogen-bond donors (Lipinski definition) is 0. The van der Waals surface area contributed by atoms with Crippen LogP contribution in [0.3, 0.4) is 0 Å². The molecule has 1 aromatic carbocycles. The minimum absolute atomic E-state index is 0.638. The van der Waals surface area contributed by atoms with Gasteiger partial charge in [-0.2, -0.15) is 5.26 Å². The van der Waals surface area contributed by atoms with E-state index in [0.717, 1.165) is 6.42 Å². The molecule has 0 unspecified atom stereocenters. The molecule has 0 atom stereocenters. The van der Waals surface area contributed by atoms with Gasteiger partial charge >= 0.3 is 0 Å². The highest BCUT2D eigenvalue weighted by atomic mass is 14.2. The van der Waals surface area contributed by atoms with Crippen LogP contribution in [0.2, 0.25) is 0 Å². The summed E-state index contributed by atoms with van der Waals surface area (Å²) >= 11 is 0. The van der Waals surface area contributed by atoms with Gasteiger partial charge in [0.2, 0.25) is 0 Å². The Morgan fingerprint density at radius 2 is 2.08 bits per heavy atom. The molecule has 1 nitrogen and oxygen atoms in total. The summed E-state index contributed by atoms with van der Waals surface area (Å²) in [7, 11) is 0. The number of rotatable bonds is 2. The molecule has 1 heteroatoms. The second-order valence-electron chi connectivity index (χ2n) is 3.61. The Morgan fingerprint density at radius 3 is 2.92 bits per heavy atom. The molecule has 0 radical (unpaired) electrons. The molecule has 0 N–H and O–H groups in total. The van der Waals surface area contributed by atoms with E-state index in [-0.39, 0.29) is 0 Å². The van der Waals surface area contributed by atoms with Crippen molar-refractivity contribution in [1.29, 1.82) is 5.26 Å². The summed E-state index contributed by atoms with van der Waals surface area (Å²) in [5.41, 5.74) is 4.35. The van der Waals surface area contributed by atoms with Gasteiger partial charge in [0.05, 0.1) is 6.07 Å². The average Bonchev–Trinajstić information content (AvgIpc) is 2.61. The Kier molecular flexibility index (Phi) is 2.31. The Hall–Kier alpha value is -1.29. The topological polar surface area (TPSA) is 23.8 Å². The van der Waals surface area contributed by atoms with Gasteiger partial charge in [-0.05, 0) is 42.4 Å². The van der Waals surface area contributed by atoms with E-state index in [1.54, 1.807) is 0 Å². The molecule has 0 spiro atoms. The molecule has 0 heterocycles. The summed E-state index contributed by atoms with van der Waals surface area (Å²) < 4.78 is 0. The second-order valence-corrected chi connectivity index (χ2v) is 3.61. The zero-order valence-corrected chi connectivity index (χ0v) is 7.71. The molecule has 0 saturated carbocycles. The third-order valence-electron chi connectivity index (χ3n) is 2.69. The quantitative estimate of drug-likeness (QED) is 0.671. The van der Waals surface area contributed by atoms with Crippen LogP contribution in [-0.4, -0.2) is 0 Å². The summed E-state index contributed by atoms with van der Waals surface area (Å²) in [6, 6.07) is 8.86. The fourth-order valence-electron chi connectivity index (χ4n) is 1.98. The summed E-state index contributed by atoms with van der Waals surface area (Å²) in [4.78, 5) is 0. The number of nitrogens with zero attached hydrogens (tertiary/aromatic N) is 1. The number of nitriles is 1. The van der Waals surface area contributed by atoms with Crippen LogP contribution in [0.1, 0.15) is 29.5 Å². The molecule has 0 aromatic heterocycles. The fraction of sp³-hybridized carbons (Fsp3) is 0.417. The van der Waals surface area contributed by atoms with E-state index >= 15 is 0 Å². The van der Waals surface area contributed by atoms with Crippen molar-refractivity contribution in [3.8, 4) is 6.07 Å². The van der Waals surface area contributed by atoms with E-state index in [1.165, 1.54) is 36.0 Å². The number of fused-ring (bicyclic) bond motifs is 1. The molecule has 13 heavy (non-hydrogen) atoms. The molecule has 0 fully saturated rings. The van der Waals surface area contributed by atoms with Crippen LogP contribution in [0.25, 0.3) is 0 Å². The zero-order valence-electron chi connectivity index (χ0n) is 7.71. The Bertz CT molecular complexity index is 347. The molecule has 0 bridgehead atoms. The van der Waals surface area contributed by atoms with E-state index in [2.05, 4.69) is 24.3 Å². The maximum Gasteiger partial charge on any atom is 0.0625 e. The van der Waals surface area contributed by atoms with Crippen molar-refractivity contribution in [3.63, 3.8) is 0 Å². The van der Waals surface area contributed by atoms with Gasteiger partial charge in [0.25, 0.3) is 0 Å². The van der Waals surface area contributed by atoms with Crippen molar-refractivity contribution < 1.29 is 0 Å². The summed E-state index contributed by atoms with van der Waals surface area (Å²) in [5.74, 6) is 0. The monoisotopic (exact) mass is 171 g/mol. The lowest BCUT2D eigenvalue weighted by atomic mass is 10.0. The first-order valence-electron chi connectivity index (χ1n) is 4.88. The predicted molar refractivity (Wildman–Crippen MR) is 52.4 cm³/mol. The third kappa shape index (κ3) is 1.72. The SMILES string of the molecule is N#CCCc1ccc2c(c1)CCC2. The van der Waals surface area contributed by atoms with Gasteiger partial charge in [-0.15, -0.1) is 0 Å². The minimum Gasteiger partial charge on any atom is -0.198 e. The normalized spacial score (nSPS) is 13.8. The van der Waals surface area contributed by atoms with Crippen molar-refractivity contribution in [2.75, 3.05) is 0 Å². The van der Waals surface area contributed by atoms with Gasteiger partial charge in [0, 0.05) is 6.42 Å². The van der Waals surface area contributed by atoms with E-state index < -0.39 is 0 Å². The smallest absolute Gasteiger partial charge is 0.0625 e.